The summed E-state index contributed by atoms with van der Waals surface area (Å²) < 4.78 is 9.79. The number of imidazole rings is 1. The predicted octanol–water partition coefficient (Wildman–Crippen LogP) is 0.151. The van der Waals surface area contributed by atoms with Crippen LogP contribution in [0.4, 0.5) is 0 Å². The van der Waals surface area contributed by atoms with Gasteiger partial charge in [0.2, 0.25) is 0 Å². The zero-order valence-electron chi connectivity index (χ0n) is 7.00. The van der Waals surface area contributed by atoms with Crippen LogP contribution in [0.2, 0.25) is 0 Å². The Hall–Kier alpha value is -0.830. The van der Waals surface area contributed by atoms with Crippen LogP contribution in [0.15, 0.2) is 6.20 Å². The van der Waals surface area contributed by atoms with Crippen molar-refractivity contribution in [1.29, 1.82) is 0 Å². The molecule has 1 aliphatic heterocycles. The van der Waals surface area contributed by atoms with E-state index in [1.165, 1.54) is 11.5 Å². The Balaban J connectivity index is 2.52. The van der Waals surface area contributed by atoms with Crippen LogP contribution in [-0.4, -0.2) is 11.2 Å². The van der Waals surface area contributed by atoms with Crippen molar-refractivity contribution in [2.45, 2.75) is 20.1 Å². The van der Waals surface area contributed by atoms with Crippen LogP contribution in [-0.2, 0) is 24.9 Å². The first-order valence-electron chi connectivity index (χ1n) is 3.91. The molecule has 60 valence electrons. The Labute approximate surface area is 66.2 Å². The minimum absolute atomic E-state index is 0.754. The molecule has 2 rings (SSSR count). The Morgan fingerprint density at radius 2 is 2.45 bits per heavy atom. The Morgan fingerprint density at radius 1 is 1.64 bits per heavy atom. The molecule has 1 aromatic heterocycles. The molecular weight excluding hydrogens is 140 g/mol. The second-order valence-electron chi connectivity index (χ2n) is 3.00. The van der Waals surface area contributed by atoms with Crippen LogP contribution in [0.3, 0.4) is 0 Å². The monoisotopic (exact) mass is 153 g/mol. The molecule has 0 aliphatic carbocycles. The standard InChI is InChI=1S/C8H13N2O/c1-7-5-9(2)8-6-11-4-3-10(7)8/h5H,3-4,6H2,1-2H3/q+1. The number of rotatable bonds is 0. The van der Waals surface area contributed by atoms with E-state index in [0.29, 0.717) is 0 Å². The first-order chi connectivity index (χ1) is 5.29. The van der Waals surface area contributed by atoms with Crippen LogP contribution < -0.4 is 4.57 Å². The maximum Gasteiger partial charge on any atom is 0.282 e. The molecule has 3 heteroatoms. The number of hydrogen-bond donors (Lipinski definition) is 0. The van der Waals surface area contributed by atoms with Crippen LogP contribution >= 0.6 is 0 Å². The van der Waals surface area contributed by atoms with Gasteiger partial charge in [0.1, 0.15) is 25.0 Å². The van der Waals surface area contributed by atoms with E-state index >= 15 is 0 Å². The summed E-state index contributed by atoms with van der Waals surface area (Å²) in [5, 5.41) is 0. The molecule has 2 heterocycles. The van der Waals surface area contributed by atoms with Gasteiger partial charge in [0.05, 0.1) is 13.7 Å². The average molecular weight is 153 g/mol. The fraction of sp³-hybridized carbons (Fsp3) is 0.625. The SMILES string of the molecule is Cc1c[n+](C)c2n1CCOC2. The van der Waals surface area contributed by atoms with Gasteiger partial charge >= 0.3 is 0 Å². The zero-order valence-corrected chi connectivity index (χ0v) is 7.00. The maximum absolute atomic E-state index is 5.35. The fourth-order valence-corrected chi connectivity index (χ4v) is 1.62. The highest BCUT2D eigenvalue weighted by molar-refractivity contribution is 4.96. The molecule has 0 fully saturated rings. The van der Waals surface area contributed by atoms with E-state index in [1.54, 1.807) is 0 Å². The molecule has 0 radical (unpaired) electrons. The van der Waals surface area contributed by atoms with Crippen molar-refractivity contribution < 1.29 is 9.30 Å². The number of ether oxygens (including phenoxy) is 1. The van der Waals surface area contributed by atoms with Crippen molar-refractivity contribution in [3.05, 3.63) is 17.7 Å². The molecule has 1 aliphatic rings. The van der Waals surface area contributed by atoms with Crippen molar-refractivity contribution in [2.75, 3.05) is 6.61 Å². The molecule has 0 unspecified atom stereocenters. The van der Waals surface area contributed by atoms with Gasteiger partial charge in [-0.25, -0.2) is 9.13 Å². The molecule has 0 aromatic carbocycles. The van der Waals surface area contributed by atoms with E-state index in [4.69, 9.17) is 4.74 Å². The summed E-state index contributed by atoms with van der Waals surface area (Å²) in [7, 11) is 2.06. The van der Waals surface area contributed by atoms with E-state index in [0.717, 1.165) is 19.8 Å². The van der Waals surface area contributed by atoms with Crippen LogP contribution in [0.25, 0.3) is 0 Å². The average Bonchev–Trinajstić information content (AvgIpc) is 2.30. The third-order valence-corrected chi connectivity index (χ3v) is 2.22. The molecule has 0 N–H and O–H groups in total. The Kier molecular flexibility index (Phi) is 1.46. The van der Waals surface area contributed by atoms with Gasteiger partial charge in [-0.1, -0.05) is 0 Å². The van der Waals surface area contributed by atoms with Crippen molar-refractivity contribution in [1.82, 2.24) is 4.57 Å². The minimum atomic E-state index is 0.754. The molecule has 11 heavy (non-hydrogen) atoms. The number of fused-ring (bicyclic) bond motifs is 1. The summed E-state index contributed by atoms with van der Waals surface area (Å²) in [6, 6.07) is 0. The van der Waals surface area contributed by atoms with E-state index in [-0.39, 0.29) is 0 Å². The highest BCUT2D eigenvalue weighted by Crippen LogP contribution is 2.07. The quantitative estimate of drug-likeness (QED) is 0.485. The summed E-state index contributed by atoms with van der Waals surface area (Å²) in [5.41, 5.74) is 1.32. The highest BCUT2D eigenvalue weighted by Gasteiger charge is 2.21. The summed E-state index contributed by atoms with van der Waals surface area (Å²) >= 11 is 0. The van der Waals surface area contributed by atoms with Gasteiger partial charge < -0.3 is 4.74 Å². The molecule has 1 aromatic rings. The highest BCUT2D eigenvalue weighted by atomic mass is 16.5. The van der Waals surface area contributed by atoms with Crippen molar-refractivity contribution in [2.24, 2.45) is 7.05 Å². The topological polar surface area (TPSA) is 18.0 Å². The molecule has 3 nitrogen and oxygen atoms in total. The minimum Gasteiger partial charge on any atom is -0.365 e. The Bertz CT molecular complexity index is 251. The van der Waals surface area contributed by atoms with Gasteiger partial charge in [0.15, 0.2) is 0 Å². The lowest BCUT2D eigenvalue weighted by atomic mass is 10.4. The van der Waals surface area contributed by atoms with Gasteiger partial charge in [0, 0.05) is 6.92 Å². The molecular formula is C8H13N2O+. The summed E-state index contributed by atoms with van der Waals surface area (Å²) in [6.45, 7) is 4.74. The van der Waals surface area contributed by atoms with Crippen LogP contribution in [0.5, 0.6) is 0 Å². The molecule has 0 amide bonds. The third-order valence-electron chi connectivity index (χ3n) is 2.22. The summed E-state index contributed by atoms with van der Waals surface area (Å²) in [6.07, 6.45) is 2.14. The van der Waals surface area contributed by atoms with E-state index in [9.17, 15) is 0 Å². The van der Waals surface area contributed by atoms with Gasteiger partial charge in [-0.3, -0.25) is 0 Å². The van der Waals surface area contributed by atoms with Gasteiger partial charge in [-0.15, -0.1) is 0 Å². The number of hydrogen-bond acceptors (Lipinski definition) is 1. The summed E-state index contributed by atoms with van der Waals surface area (Å²) in [4.78, 5) is 0. The third kappa shape index (κ3) is 0.959. The van der Waals surface area contributed by atoms with Gasteiger partial charge in [-0.05, 0) is 0 Å². The normalized spacial score (nSPS) is 16.5. The molecule has 0 bridgehead atoms. The first-order valence-corrected chi connectivity index (χ1v) is 3.91. The lowest BCUT2D eigenvalue weighted by molar-refractivity contribution is -0.681. The molecule has 0 saturated heterocycles. The van der Waals surface area contributed by atoms with E-state index < -0.39 is 0 Å². The smallest absolute Gasteiger partial charge is 0.282 e. The number of aryl methyl sites for hydroxylation is 2. The second-order valence-corrected chi connectivity index (χ2v) is 3.00. The number of nitrogens with zero attached hydrogens (tertiary/aromatic N) is 2. The van der Waals surface area contributed by atoms with E-state index in [2.05, 4.69) is 29.3 Å². The van der Waals surface area contributed by atoms with Crippen molar-refractivity contribution in [3.8, 4) is 0 Å². The van der Waals surface area contributed by atoms with Crippen LogP contribution in [0.1, 0.15) is 11.5 Å². The van der Waals surface area contributed by atoms with Gasteiger partial charge in [-0.2, -0.15) is 0 Å². The first kappa shape index (κ1) is 6.85. The van der Waals surface area contributed by atoms with Crippen molar-refractivity contribution >= 4 is 0 Å². The predicted molar refractivity (Wildman–Crippen MR) is 40.0 cm³/mol. The lowest BCUT2D eigenvalue weighted by Gasteiger charge is -2.09. The van der Waals surface area contributed by atoms with E-state index in [1.807, 2.05) is 0 Å². The maximum atomic E-state index is 5.35. The number of aromatic nitrogens is 2. The fourth-order valence-electron chi connectivity index (χ4n) is 1.62. The zero-order chi connectivity index (χ0) is 7.84. The molecule has 0 atom stereocenters. The van der Waals surface area contributed by atoms with Gasteiger partial charge in [0.25, 0.3) is 5.82 Å². The Morgan fingerprint density at radius 3 is 3.18 bits per heavy atom. The second kappa shape index (κ2) is 2.34. The molecule has 0 saturated carbocycles. The largest absolute Gasteiger partial charge is 0.365 e. The molecule has 0 spiro atoms. The summed E-state index contributed by atoms with van der Waals surface area (Å²) in [5.74, 6) is 1.27. The van der Waals surface area contributed by atoms with Crippen LogP contribution in [0, 0.1) is 6.92 Å². The van der Waals surface area contributed by atoms with Crippen molar-refractivity contribution in [3.63, 3.8) is 0 Å². The lowest BCUT2D eigenvalue weighted by Crippen LogP contribution is -2.35.